The van der Waals surface area contributed by atoms with Gasteiger partial charge in [0.1, 0.15) is 0 Å². The molecule has 0 saturated carbocycles. The Morgan fingerprint density at radius 3 is 2.60 bits per heavy atom. The third kappa shape index (κ3) is 5.08. The summed E-state index contributed by atoms with van der Waals surface area (Å²) < 4.78 is 5.62. The number of nitrogens with zero attached hydrogens (tertiary/aromatic N) is 2. The summed E-state index contributed by atoms with van der Waals surface area (Å²) in [6.45, 7) is 1.79. The Hall–Kier alpha value is -2.31. The van der Waals surface area contributed by atoms with Gasteiger partial charge in [-0.3, -0.25) is 4.79 Å². The van der Waals surface area contributed by atoms with Crippen molar-refractivity contribution in [3.63, 3.8) is 0 Å². The van der Waals surface area contributed by atoms with Gasteiger partial charge in [-0.2, -0.15) is 0 Å². The van der Waals surface area contributed by atoms with Gasteiger partial charge in [0.15, 0.2) is 0 Å². The molecule has 5 nitrogen and oxygen atoms in total. The fourth-order valence-corrected chi connectivity index (χ4v) is 2.94. The first-order valence-corrected chi connectivity index (χ1v) is 8.95. The number of carbonyl (C=O) groups excluding carboxylic acids is 1. The number of benzene rings is 2. The Morgan fingerprint density at radius 2 is 1.88 bits per heavy atom. The van der Waals surface area contributed by atoms with Crippen LogP contribution in [0.15, 0.2) is 64.2 Å². The highest BCUT2D eigenvalue weighted by Gasteiger charge is 2.18. The largest absolute Gasteiger partial charge is 0.416 e. The van der Waals surface area contributed by atoms with Crippen molar-refractivity contribution in [1.29, 1.82) is 0 Å². The quantitative estimate of drug-likeness (QED) is 0.647. The van der Waals surface area contributed by atoms with E-state index in [1.54, 1.807) is 31.2 Å². The monoisotopic (exact) mass is 373 g/mol. The molecule has 25 heavy (non-hydrogen) atoms. The molecule has 1 N–H and O–H groups in total. The van der Waals surface area contributed by atoms with Crippen LogP contribution in [0.4, 0.5) is 5.69 Å². The number of amides is 1. The number of thioether (sulfide) groups is 1. The molecule has 0 aliphatic heterocycles. The van der Waals surface area contributed by atoms with Crippen molar-refractivity contribution >= 4 is 35.0 Å². The minimum Gasteiger partial charge on any atom is -0.416 e. The lowest BCUT2D eigenvalue weighted by atomic mass is 10.2. The van der Waals surface area contributed by atoms with E-state index >= 15 is 0 Å². The zero-order chi connectivity index (χ0) is 17.6. The van der Waals surface area contributed by atoms with E-state index in [1.807, 2.05) is 30.3 Å². The SMILES string of the molecule is C[C@@H](Sc1nnc(Cc2ccccc2)o1)C(=O)Nc1ccc(Cl)cc1. The fraction of sp³-hybridized carbons (Fsp3) is 0.167. The van der Waals surface area contributed by atoms with Crippen LogP contribution in [-0.4, -0.2) is 21.4 Å². The molecular formula is C18H16ClN3O2S. The third-order valence-corrected chi connectivity index (χ3v) is 4.59. The number of hydrogen-bond acceptors (Lipinski definition) is 5. The summed E-state index contributed by atoms with van der Waals surface area (Å²) >= 11 is 7.06. The van der Waals surface area contributed by atoms with E-state index in [9.17, 15) is 4.79 Å². The topological polar surface area (TPSA) is 68.0 Å². The van der Waals surface area contributed by atoms with Crippen LogP contribution in [0.5, 0.6) is 0 Å². The van der Waals surface area contributed by atoms with Gasteiger partial charge in [0.05, 0.1) is 11.7 Å². The molecule has 1 aromatic heterocycles. The van der Waals surface area contributed by atoms with E-state index in [1.165, 1.54) is 11.8 Å². The van der Waals surface area contributed by atoms with Gasteiger partial charge in [0.2, 0.25) is 11.8 Å². The zero-order valence-corrected chi connectivity index (χ0v) is 15.1. The lowest BCUT2D eigenvalue weighted by molar-refractivity contribution is -0.115. The van der Waals surface area contributed by atoms with Gasteiger partial charge in [0.25, 0.3) is 5.22 Å². The number of aromatic nitrogens is 2. The highest BCUT2D eigenvalue weighted by Crippen LogP contribution is 2.24. The molecule has 0 radical (unpaired) electrons. The van der Waals surface area contributed by atoms with E-state index in [0.717, 1.165) is 5.56 Å². The van der Waals surface area contributed by atoms with E-state index in [2.05, 4.69) is 15.5 Å². The van der Waals surface area contributed by atoms with Crippen molar-refractivity contribution in [3.05, 3.63) is 71.1 Å². The van der Waals surface area contributed by atoms with Gasteiger partial charge in [-0.25, -0.2) is 0 Å². The zero-order valence-electron chi connectivity index (χ0n) is 13.5. The Labute approximate surface area is 154 Å². The third-order valence-electron chi connectivity index (χ3n) is 3.41. The summed E-state index contributed by atoms with van der Waals surface area (Å²) in [5, 5.41) is 11.5. The predicted molar refractivity (Wildman–Crippen MR) is 98.9 cm³/mol. The van der Waals surface area contributed by atoms with Gasteiger partial charge in [-0.05, 0) is 36.8 Å². The van der Waals surface area contributed by atoms with Crippen LogP contribution in [0, 0.1) is 0 Å². The van der Waals surface area contributed by atoms with E-state index in [4.69, 9.17) is 16.0 Å². The second kappa shape index (κ2) is 8.18. The van der Waals surface area contributed by atoms with Crippen LogP contribution in [0.25, 0.3) is 0 Å². The van der Waals surface area contributed by atoms with Crippen molar-refractivity contribution in [3.8, 4) is 0 Å². The van der Waals surface area contributed by atoms with Crippen molar-refractivity contribution in [2.24, 2.45) is 0 Å². The summed E-state index contributed by atoms with van der Waals surface area (Å²) in [5.41, 5.74) is 1.79. The van der Waals surface area contributed by atoms with Gasteiger partial charge in [-0.1, -0.05) is 53.7 Å². The first kappa shape index (κ1) is 17.5. The van der Waals surface area contributed by atoms with Crippen molar-refractivity contribution in [2.75, 3.05) is 5.32 Å². The molecule has 0 spiro atoms. The van der Waals surface area contributed by atoms with Gasteiger partial charge in [-0.15, -0.1) is 10.2 Å². The molecule has 0 saturated heterocycles. The number of rotatable bonds is 6. The summed E-state index contributed by atoms with van der Waals surface area (Å²) in [5.74, 6) is 0.383. The van der Waals surface area contributed by atoms with Crippen LogP contribution in [-0.2, 0) is 11.2 Å². The van der Waals surface area contributed by atoms with E-state index in [-0.39, 0.29) is 11.2 Å². The minimum absolute atomic E-state index is 0.143. The van der Waals surface area contributed by atoms with Crippen LogP contribution in [0.3, 0.4) is 0 Å². The van der Waals surface area contributed by atoms with E-state index < -0.39 is 0 Å². The smallest absolute Gasteiger partial charge is 0.277 e. The molecule has 128 valence electrons. The molecule has 7 heteroatoms. The maximum absolute atomic E-state index is 12.2. The number of hydrogen-bond donors (Lipinski definition) is 1. The lowest BCUT2D eigenvalue weighted by Gasteiger charge is -2.09. The number of nitrogens with one attached hydrogen (secondary N) is 1. The molecule has 3 rings (SSSR count). The molecule has 1 heterocycles. The second-order valence-corrected chi connectivity index (χ2v) is 7.11. The molecule has 1 atom stereocenters. The van der Waals surface area contributed by atoms with Crippen LogP contribution >= 0.6 is 23.4 Å². The molecule has 0 aliphatic carbocycles. The first-order valence-electron chi connectivity index (χ1n) is 7.69. The first-order chi connectivity index (χ1) is 12.1. The van der Waals surface area contributed by atoms with Crippen LogP contribution < -0.4 is 5.32 Å². The van der Waals surface area contributed by atoms with E-state index in [0.29, 0.717) is 28.2 Å². The lowest BCUT2D eigenvalue weighted by Crippen LogP contribution is -2.22. The summed E-state index contributed by atoms with van der Waals surface area (Å²) in [6, 6.07) is 16.8. The molecule has 0 fully saturated rings. The number of halogens is 1. The number of anilines is 1. The van der Waals surface area contributed by atoms with Gasteiger partial charge >= 0.3 is 0 Å². The van der Waals surface area contributed by atoms with Gasteiger partial charge in [0, 0.05) is 10.7 Å². The highest BCUT2D eigenvalue weighted by molar-refractivity contribution is 8.00. The normalized spacial score (nSPS) is 11.9. The van der Waals surface area contributed by atoms with Crippen molar-refractivity contribution < 1.29 is 9.21 Å². The Kier molecular flexibility index (Phi) is 5.73. The molecule has 0 aliphatic rings. The van der Waals surface area contributed by atoms with Crippen LogP contribution in [0.1, 0.15) is 18.4 Å². The maximum atomic E-state index is 12.2. The Morgan fingerprint density at radius 1 is 1.16 bits per heavy atom. The average Bonchev–Trinajstić information content (AvgIpc) is 3.04. The average molecular weight is 374 g/mol. The fourth-order valence-electron chi connectivity index (χ4n) is 2.11. The molecule has 2 aromatic carbocycles. The minimum atomic E-state index is -0.374. The van der Waals surface area contributed by atoms with Gasteiger partial charge < -0.3 is 9.73 Å². The Bertz CT molecular complexity index is 837. The standard InChI is InChI=1S/C18H16ClN3O2S/c1-12(17(23)20-15-9-7-14(19)8-10-15)25-18-22-21-16(24-18)11-13-5-3-2-4-6-13/h2-10,12H,11H2,1H3,(H,20,23)/t12-/m1/s1. The summed E-state index contributed by atoms with van der Waals surface area (Å²) in [6.07, 6.45) is 0.569. The molecule has 0 bridgehead atoms. The van der Waals surface area contributed by atoms with Crippen molar-refractivity contribution in [2.45, 2.75) is 23.8 Å². The summed E-state index contributed by atoms with van der Waals surface area (Å²) in [7, 11) is 0. The van der Waals surface area contributed by atoms with Crippen LogP contribution in [0.2, 0.25) is 5.02 Å². The Balaban J connectivity index is 1.56. The second-order valence-electron chi connectivity index (χ2n) is 5.38. The van der Waals surface area contributed by atoms with Crippen molar-refractivity contribution in [1.82, 2.24) is 10.2 Å². The maximum Gasteiger partial charge on any atom is 0.277 e. The molecule has 3 aromatic rings. The highest BCUT2D eigenvalue weighted by atomic mass is 35.5. The molecule has 0 unspecified atom stereocenters. The number of carbonyl (C=O) groups is 1. The summed E-state index contributed by atoms with van der Waals surface area (Å²) in [4.78, 5) is 12.2. The molecular weight excluding hydrogens is 358 g/mol. The predicted octanol–water partition coefficient (Wildman–Crippen LogP) is 4.43. The molecule has 1 amide bonds.